The number of carbonyl (C=O) groups is 1. The molecule has 2 aromatic carbocycles. The highest BCUT2D eigenvalue weighted by Gasteiger charge is 2.33. The van der Waals surface area contributed by atoms with Crippen LogP contribution in [0.5, 0.6) is 0 Å². The van der Waals surface area contributed by atoms with Gasteiger partial charge in [0.25, 0.3) is 0 Å². The van der Waals surface area contributed by atoms with Gasteiger partial charge in [0.15, 0.2) is 0 Å². The highest BCUT2D eigenvalue weighted by atomic mass is 16.1. The summed E-state index contributed by atoms with van der Waals surface area (Å²) in [5, 5.41) is 3.22. The molecule has 0 bridgehead atoms. The van der Waals surface area contributed by atoms with Gasteiger partial charge < -0.3 is 10.3 Å². The van der Waals surface area contributed by atoms with Crippen LogP contribution in [0.2, 0.25) is 0 Å². The predicted octanol–water partition coefficient (Wildman–Crippen LogP) is 3.76. The van der Waals surface area contributed by atoms with E-state index in [-0.39, 0.29) is 11.9 Å². The summed E-state index contributed by atoms with van der Waals surface area (Å²) in [6.07, 6.45) is 3.48. The molecule has 1 fully saturated rings. The Morgan fingerprint density at radius 2 is 1.88 bits per heavy atom. The largest absolute Gasteiger partial charge is 0.349 e. The van der Waals surface area contributed by atoms with Gasteiger partial charge in [-0.05, 0) is 36.5 Å². The van der Waals surface area contributed by atoms with Gasteiger partial charge >= 0.3 is 0 Å². The molecule has 4 heteroatoms. The van der Waals surface area contributed by atoms with Gasteiger partial charge in [-0.1, -0.05) is 42.5 Å². The first-order valence-corrected chi connectivity index (χ1v) is 8.57. The molecule has 1 heterocycles. The zero-order chi connectivity index (χ0) is 16.4. The molecule has 1 atom stereocenters. The average molecular weight is 319 g/mol. The van der Waals surface area contributed by atoms with Gasteiger partial charge in [0.2, 0.25) is 5.91 Å². The lowest BCUT2D eigenvalue weighted by atomic mass is 10.0. The summed E-state index contributed by atoms with van der Waals surface area (Å²) in [4.78, 5) is 20.2. The first-order chi connectivity index (χ1) is 11.8. The van der Waals surface area contributed by atoms with Gasteiger partial charge in [0.05, 0.1) is 17.1 Å². The van der Waals surface area contributed by atoms with E-state index in [1.165, 1.54) is 18.4 Å². The smallest absolute Gasteiger partial charge is 0.220 e. The van der Waals surface area contributed by atoms with Crippen molar-refractivity contribution in [1.82, 2.24) is 15.3 Å². The van der Waals surface area contributed by atoms with E-state index < -0.39 is 0 Å². The van der Waals surface area contributed by atoms with Gasteiger partial charge in [-0.3, -0.25) is 4.79 Å². The van der Waals surface area contributed by atoms with Crippen molar-refractivity contribution < 1.29 is 4.79 Å². The Bertz CT molecular complexity index is 803. The topological polar surface area (TPSA) is 57.8 Å². The quantitative estimate of drug-likeness (QED) is 0.727. The number of amides is 1. The number of aryl methyl sites for hydroxylation is 1. The molecule has 0 unspecified atom stereocenters. The van der Waals surface area contributed by atoms with E-state index in [9.17, 15) is 4.79 Å². The van der Waals surface area contributed by atoms with Crippen molar-refractivity contribution in [3.63, 3.8) is 0 Å². The summed E-state index contributed by atoms with van der Waals surface area (Å²) in [7, 11) is 0. The van der Waals surface area contributed by atoms with Crippen molar-refractivity contribution in [3.05, 3.63) is 66.0 Å². The van der Waals surface area contributed by atoms with Crippen LogP contribution in [0.3, 0.4) is 0 Å². The molecule has 2 N–H and O–H groups in total. The number of fused-ring (bicyclic) bond motifs is 1. The van der Waals surface area contributed by atoms with Crippen LogP contribution >= 0.6 is 0 Å². The van der Waals surface area contributed by atoms with Crippen molar-refractivity contribution in [2.24, 2.45) is 5.92 Å². The maximum Gasteiger partial charge on any atom is 0.220 e. The molecule has 1 aromatic heterocycles. The molecule has 0 spiro atoms. The molecule has 4 nitrogen and oxygen atoms in total. The van der Waals surface area contributed by atoms with Crippen LogP contribution < -0.4 is 5.32 Å². The number of hydrogen-bond acceptors (Lipinski definition) is 2. The number of rotatable bonds is 6. The highest BCUT2D eigenvalue weighted by Crippen LogP contribution is 2.40. The zero-order valence-electron chi connectivity index (χ0n) is 13.5. The normalized spacial score (nSPS) is 15.3. The summed E-state index contributed by atoms with van der Waals surface area (Å²) in [5.41, 5.74) is 3.18. The van der Waals surface area contributed by atoms with Crippen molar-refractivity contribution in [3.8, 4) is 0 Å². The Balaban J connectivity index is 1.38. The van der Waals surface area contributed by atoms with Crippen LogP contribution in [0.15, 0.2) is 54.6 Å². The number of imidazole rings is 1. The van der Waals surface area contributed by atoms with E-state index in [0.717, 1.165) is 16.9 Å². The highest BCUT2D eigenvalue weighted by molar-refractivity contribution is 5.77. The molecule has 0 saturated heterocycles. The number of benzene rings is 2. The Labute approximate surface area is 141 Å². The third-order valence-corrected chi connectivity index (χ3v) is 4.60. The lowest BCUT2D eigenvalue weighted by Gasteiger charge is -2.18. The number of nitrogens with zero attached hydrogens (tertiary/aromatic N) is 1. The van der Waals surface area contributed by atoms with Crippen molar-refractivity contribution in [2.45, 2.75) is 31.7 Å². The first kappa shape index (κ1) is 14.9. The van der Waals surface area contributed by atoms with Crippen LogP contribution in [-0.2, 0) is 11.2 Å². The average Bonchev–Trinajstić information content (AvgIpc) is 3.37. The lowest BCUT2D eigenvalue weighted by Crippen LogP contribution is -2.30. The van der Waals surface area contributed by atoms with Gasteiger partial charge in [-0.25, -0.2) is 4.98 Å². The second-order valence-electron chi connectivity index (χ2n) is 6.49. The van der Waals surface area contributed by atoms with Crippen LogP contribution in [0.1, 0.15) is 36.7 Å². The lowest BCUT2D eigenvalue weighted by molar-refractivity contribution is -0.122. The van der Waals surface area contributed by atoms with Crippen molar-refractivity contribution in [2.75, 3.05) is 0 Å². The molecule has 1 aliphatic rings. The molecule has 1 amide bonds. The Morgan fingerprint density at radius 3 is 2.62 bits per heavy atom. The SMILES string of the molecule is O=C(CCc1nc2ccccc2[nH]1)N[C@H](c1ccccc1)C1CC1. The fraction of sp³-hybridized carbons (Fsp3) is 0.300. The molecular weight excluding hydrogens is 298 g/mol. The third kappa shape index (κ3) is 3.32. The molecule has 3 aromatic rings. The maximum absolute atomic E-state index is 12.4. The van der Waals surface area contributed by atoms with E-state index >= 15 is 0 Å². The van der Waals surface area contributed by atoms with E-state index in [2.05, 4.69) is 27.4 Å². The molecule has 0 radical (unpaired) electrons. The molecule has 122 valence electrons. The fourth-order valence-corrected chi connectivity index (χ4v) is 3.16. The fourth-order valence-electron chi connectivity index (χ4n) is 3.16. The van der Waals surface area contributed by atoms with E-state index in [4.69, 9.17) is 0 Å². The van der Waals surface area contributed by atoms with Crippen LogP contribution in [0, 0.1) is 5.92 Å². The van der Waals surface area contributed by atoms with Crippen LogP contribution in [0.25, 0.3) is 11.0 Å². The standard InChI is InChI=1S/C20H21N3O/c24-19(13-12-18-21-16-8-4-5-9-17(16)22-18)23-20(15-10-11-15)14-6-2-1-3-7-14/h1-9,15,20H,10-13H2,(H,21,22)(H,23,24)/t20-/m1/s1. The maximum atomic E-state index is 12.4. The number of aromatic amines is 1. The summed E-state index contributed by atoms with van der Waals surface area (Å²) >= 11 is 0. The predicted molar refractivity (Wildman–Crippen MR) is 94.5 cm³/mol. The Kier molecular flexibility index (Phi) is 4.03. The van der Waals surface area contributed by atoms with Gasteiger partial charge in [0, 0.05) is 12.8 Å². The minimum atomic E-state index is 0.0937. The second-order valence-corrected chi connectivity index (χ2v) is 6.49. The van der Waals surface area contributed by atoms with Gasteiger partial charge in [-0.2, -0.15) is 0 Å². The van der Waals surface area contributed by atoms with E-state index in [0.29, 0.717) is 18.8 Å². The van der Waals surface area contributed by atoms with Crippen molar-refractivity contribution >= 4 is 16.9 Å². The Morgan fingerprint density at radius 1 is 1.12 bits per heavy atom. The van der Waals surface area contributed by atoms with Gasteiger partial charge in [0.1, 0.15) is 5.82 Å². The van der Waals surface area contributed by atoms with Crippen LogP contribution in [0.4, 0.5) is 0 Å². The number of nitrogens with one attached hydrogen (secondary N) is 2. The number of H-pyrrole nitrogens is 1. The zero-order valence-corrected chi connectivity index (χ0v) is 13.5. The molecule has 24 heavy (non-hydrogen) atoms. The molecular formula is C20H21N3O. The van der Waals surface area contributed by atoms with Gasteiger partial charge in [-0.15, -0.1) is 0 Å². The monoisotopic (exact) mass is 319 g/mol. The number of aromatic nitrogens is 2. The number of carbonyl (C=O) groups excluding carboxylic acids is 1. The minimum Gasteiger partial charge on any atom is -0.349 e. The first-order valence-electron chi connectivity index (χ1n) is 8.57. The molecule has 0 aliphatic heterocycles. The van der Waals surface area contributed by atoms with E-state index in [1.54, 1.807) is 0 Å². The van der Waals surface area contributed by atoms with E-state index in [1.807, 2.05) is 42.5 Å². The summed E-state index contributed by atoms with van der Waals surface area (Å²) in [6.45, 7) is 0. The molecule has 1 saturated carbocycles. The minimum absolute atomic E-state index is 0.0937. The third-order valence-electron chi connectivity index (χ3n) is 4.60. The number of hydrogen-bond donors (Lipinski definition) is 2. The Hall–Kier alpha value is -2.62. The molecule has 4 rings (SSSR count). The van der Waals surface area contributed by atoms with Crippen molar-refractivity contribution in [1.29, 1.82) is 0 Å². The summed E-state index contributed by atoms with van der Waals surface area (Å²) in [6, 6.07) is 18.4. The molecule has 1 aliphatic carbocycles. The second kappa shape index (κ2) is 6.48. The number of para-hydroxylation sites is 2. The summed E-state index contributed by atoms with van der Waals surface area (Å²) in [5.74, 6) is 1.55. The van der Waals surface area contributed by atoms with Crippen LogP contribution in [-0.4, -0.2) is 15.9 Å². The summed E-state index contributed by atoms with van der Waals surface area (Å²) < 4.78 is 0.